The van der Waals surface area contributed by atoms with Crippen LogP contribution in [-0.2, 0) is 16.1 Å². The molecule has 0 saturated carbocycles. The minimum atomic E-state index is -0.690. The van der Waals surface area contributed by atoms with E-state index in [0.717, 1.165) is 0 Å². The molecule has 2 rings (SSSR count). The Kier molecular flexibility index (Phi) is 6.61. The number of carbonyl (C=O) groups excluding carboxylic acids is 2. The molecule has 0 aliphatic carbocycles. The molecule has 1 amide bonds. The van der Waals surface area contributed by atoms with Crippen LogP contribution in [0, 0.1) is 5.82 Å². The van der Waals surface area contributed by atoms with Crippen molar-refractivity contribution in [2.45, 2.75) is 6.61 Å². The molecule has 2 aromatic carbocycles. The van der Waals surface area contributed by atoms with Crippen molar-refractivity contribution >= 4 is 35.1 Å². The zero-order valence-electron chi connectivity index (χ0n) is 13.1. The lowest BCUT2D eigenvalue weighted by atomic mass is 10.2. The predicted octanol–water partition coefficient (Wildman–Crippen LogP) is 3.61. The molecule has 0 atom stereocenters. The molecule has 0 bridgehead atoms. The summed E-state index contributed by atoms with van der Waals surface area (Å²) in [6.07, 6.45) is 0. The van der Waals surface area contributed by atoms with Crippen molar-refractivity contribution in [3.05, 3.63) is 63.4 Å². The Morgan fingerprint density at radius 1 is 1.16 bits per heavy atom. The van der Waals surface area contributed by atoms with Crippen LogP contribution < -0.4 is 10.1 Å². The van der Waals surface area contributed by atoms with Gasteiger partial charge in [0.2, 0.25) is 0 Å². The molecule has 0 heterocycles. The third-order valence-corrected chi connectivity index (χ3v) is 3.75. The highest BCUT2D eigenvalue weighted by Crippen LogP contribution is 2.21. The van der Waals surface area contributed by atoms with Gasteiger partial charge in [-0.25, -0.2) is 4.39 Å². The largest absolute Gasteiger partial charge is 0.496 e. The maximum Gasteiger partial charge on any atom is 0.325 e. The average molecular weight is 386 g/mol. The molecule has 0 radical (unpaired) electrons. The number of rotatable bonds is 6. The van der Waals surface area contributed by atoms with E-state index in [1.807, 2.05) is 0 Å². The molecule has 0 unspecified atom stereocenters. The first-order valence-electron chi connectivity index (χ1n) is 7.12. The number of hydrogen-bond donors (Lipinski definition) is 1. The van der Waals surface area contributed by atoms with Crippen molar-refractivity contribution in [2.24, 2.45) is 0 Å². The van der Waals surface area contributed by atoms with Crippen LogP contribution in [-0.4, -0.2) is 25.5 Å². The second-order valence-electron chi connectivity index (χ2n) is 4.92. The van der Waals surface area contributed by atoms with E-state index in [9.17, 15) is 14.0 Å². The van der Waals surface area contributed by atoms with Crippen LogP contribution in [0.5, 0.6) is 5.75 Å². The van der Waals surface area contributed by atoms with Crippen LogP contribution in [0.2, 0.25) is 10.0 Å². The van der Waals surface area contributed by atoms with E-state index in [-0.39, 0.29) is 23.7 Å². The van der Waals surface area contributed by atoms with Crippen LogP contribution in [0.25, 0.3) is 0 Å². The smallest absolute Gasteiger partial charge is 0.325 e. The molecule has 0 aliphatic heterocycles. The van der Waals surface area contributed by atoms with Gasteiger partial charge in [0.15, 0.2) is 0 Å². The van der Waals surface area contributed by atoms with Crippen molar-refractivity contribution in [2.75, 3.05) is 13.7 Å². The normalized spacial score (nSPS) is 10.2. The summed E-state index contributed by atoms with van der Waals surface area (Å²) in [5.74, 6) is -1.31. The van der Waals surface area contributed by atoms with Gasteiger partial charge >= 0.3 is 5.97 Å². The molecule has 5 nitrogen and oxygen atoms in total. The second kappa shape index (κ2) is 8.69. The number of hydrogen-bond acceptors (Lipinski definition) is 4. The summed E-state index contributed by atoms with van der Waals surface area (Å²) in [5.41, 5.74) is 0.564. The summed E-state index contributed by atoms with van der Waals surface area (Å²) < 4.78 is 23.3. The van der Waals surface area contributed by atoms with Gasteiger partial charge in [0, 0.05) is 10.6 Å². The summed E-state index contributed by atoms with van der Waals surface area (Å²) in [4.78, 5) is 23.7. The lowest BCUT2D eigenvalue weighted by molar-refractivity contribution is -0.143. The number of nitrogens with one attached hydrogen (secondary N) is 1. The van der Waals surface area contributed by atoms with Gasteiger partial charge in [-0.15, -0.1) is 0 Å². The number of benzene rings is 2. The Labute approximate surface area is 153 Å². The van der Waals surface area contributed by atoms with Gasteiger partial charge in [-0.3, -0.25) is 9.59 Å². The molecular weight excluding hydrogens is 372 g/mol. The number of halogens is 3. The minimum Gasteiger partial charge on any atom is -0.496 e. The Bertz CT molecular complexity index is 798. The number of ether oxygens (including phenoxy) is 2. The lowest BCUT2D eigenvalue weighted by Gasteiger charge is -2.10. The molecular formula is C17H14Cl2FNO4. The van der Waals surface area contributed by atoms with Gasteiger partial charge in [0.05, 0.1) is 17.7 Å². The molecule has 1 N–H and O–H groups in total. The zero-order chi connectivity index (χ0) is 18.4. The summed E-state index contributed by atoms with van der Waals surface area (Å²) in [6.45, 7) is -0.549. The first-order chi connectivity index (χ1) is 11.9. The third-order valence-electron chi connectivity index (χ3n) is 3.20. The van der Waals surface area contributed by atoms with Crippen LogP contribution in [0.3, 0.4) is 0 Å². The molecule has 2 aromatic rings. The molecule has 8 heteroatoms. The summed E-state index contributed by atoms with van der Waals surface area (Å²) >= 11 is 11.7. The van der Waals surface area contributed by atoms with Gasteiger partial charge in [-0.1, -0.05) is 23.2 Å². The van der Waals surface area contributed by atoms with Crippen LogP contribution in [0.4, 0.5) is 4.39 Å². The SMILES string of the molecule is COc1ccc(F)cc1COC(=O)CNC(=O)c1ccc(Cl)cc1Cl. The Hall–Kier alpha value is -2.31. The van der Waals surface area contributed by atoms with E-state index >= 15 is 0 Å². The average Bonchev–Trinajstić information content (AvgIpc) is 2.58. The summed E-state index contributed by atoms with van der Waals surface area (Å²) in [5, 5.41) is 2.95. The summed E-state index contributed by atoms with van der Waals surface area (Å²) in [6, 6.07) is 8.26. The Balaban J connectivity index is 1.88. The highest BCUT2D eigenvalue weighted by Gasteiger charge is 2.13. The topological polar surface area (TPSA) is 64.6 Å². The van der Waals surface area contributed by atoms with Crippen LogP contribution in [0.1, 0.15) is 15.9 Å². The molecule has 25 heavy (non-hydrogen) atoms. The maximum atomic E-state index is 13.2. The van der Waals surface area contributed by atoms with E-state index < -0.39 is 17.7 Å². The van der Waals surface area contributed by atoms with Gasteiger partial charge in [-0.05, 0) is 36.4 Å². The maximum absolute atomic E-state index is 13.2. The van der Waals surface area contributed by atoms with E-state index in [1.165, 1.54) is 43.5 Å². The quantitative estimate of drug-likeness (QED) is 0.771. The second-order valence-corrected chi connectivity index (χ2v) is 5.77. The molecule has 0 saturated heterocycles. The lowest BCUT2D eigenvalue weighted by Crippen LogP contribution is -2.30. The molecule has 132 valence electrons. The fraction of sp³-hybridized carbons (Fsp3) is 0.176. The van der Waals surface area contributed by atoms with Crippen molar-refractivity contribution in [1.82, 2.24) is 5.32 Å². The standard InChI is InChI=1S/C17H14Cl2FNO4/c1-24-15-5-3-12(20)6-10(15)9-25-16(22)8-21-17(23)13-4-2-11(18)7-14(13)19/h2-7H,8-9H2,1H3,(H,21,23). The van der Waals surface area contributed by atoms with Gasteiger partial charge in [0.25, 0.3) is 5.91 Å². The minimum absolute atomic E-state index is 0.169. The summed E-state index contributed by atoms with van der Waals surface area (Å²) in [7, 11) is 1.43. The Morgan fingerprint density at radius 3 is 2.60 bits per heavy atom. The van der Waals surface area contributed by atoms with Crippen LogP contribution in [0.15, 0.2) is 36.4 Å². The number of methoxy groups -OCH3 is 1. The van der Waals surface area contributed by atoms with Gasteiger partial charge in [-0.2, -0.15) is 0 Å². The van der Waals surface area contributed by atoms with Crippen LogP contribution >= 0.6 is 23.2 Å². The van der Waals surface area contributed by atoms with Gasteiger partial charge < -0.3 is 14.8 Å². The van der Waals surface area contributed by atoms with E-state index in [2.05, 4.69) is 5.32 Å². The van der Waals surface area contributed by atoms with Gasteiger partial charge in [0.1, 0.15) is 24.7 Å². The number of esters is 1. The fourth-order valence-electron chi connectivity index (χ4n) is 1.99. The zero-order valence-corrected chi connectivity index (χ0v) is 14.7. The number of amides is 1. The molecule has 0 fully saturated rings. The predicted molar refractivity (Wildman–Crippen MR) is 91.5 cm³/mol. The first kappa shape index (κ1) is 19.0. The van der Waals surface area contributed by atoms with E-state index in [1.54, 1.807) is 0 Å². The molecule has 0 aliphatic rings. The fourth-order valence-corrected chi connectivity index (χ4v) is 2.48. The first-order valence-corrected chi connectivity index (χ1v) is 7.87. The third kappa shape index (κ3) is 5.34. The highest BCUT2D eigenvalue weighted by molar-refractivity contribution is 6.36. The van der Waals surface area contributed by atoms with Crippen molar-refractivity contribution in [3.8, 4) is 5.75 Å². The Morgan fingerprint density at radius 2 is 1.92 bits per heavy atom. The highest BCUT2D eigenvalue weighted by atomic mass is 35.5. The van der Waals surface area contributed by atoms with E-state index in [0.29, 0.717) is 16.3 Å². The van der Waals surface area contributed by atoms with Crippen molar-refractivity contribution < 1.29 is 23.5 Å². The van der Waals surface area contributed by atoms with Crippen molar-refractivity contribution in [3.63, 3.8) is 0 Å². The molecule has 0 aromatic heterocycles. The van der Waals surface area contributed by atoms with E-state index in [4.69, 9.17) is 32.7 Å². The van der Waals surface area contributed by atoms with Crippen molar-refractivity contribution in [1.29, 1.82) is 0 Å². The molecule has 0 spiro atoms. The number of carbonyl (C=O) groups is 2. The monoisotopic (exact) mass is 385 g/mol.